The van der Waals surface area contributed by atoms with E-state index in [0.29, 0.717) is 35.4 Å². The molecule has 0 aliphatic carbocycles. The van der Waals surface area contributed by atoms with Crippen LogP contribution in [-0.4, -0.2) is 55.3 Å². The Bertz CT molecular complexity index is 1030. The number of benzene rings is 2. The van der Waals surface area contributed by atoms with Gasteiger partial charge in [-0.05, 0) is 36.6 Å². The number of ether oxygens (including phenoxy) is 3. The van der Waals surface area contributed by atoms with E-state index in [4.69, 9.17) is 14.2 Å². The van der Waals surface area contributed by atoms with Crippen LogP contribution < -0.4 is 14.2 Å². The first kappa shape index (κ1) is 23.4. The highest BCUT2D eigenvalue weighted by atomic mass is 32.2. The lowest BCUT2D eigenvalue weighted by atomic mass is 10.0. The Hall–Kier alpha value is -3.26. The largest absolute Gasteiger partial charge is 0.493 e. The number of thioether (sulfide) groups is 1. The number of aryl methyl sites for hydroxylation is 1. The standard InChI is InChI=1S/C24H27N3O4S/c1-6-11-27-23(28)21(14-18-10-8-7-9-16(18)2)32-24(27)26-25-15-17-12-19(29-3)22(31-5)20(13-17)30-4/h6-10,12-13,15,21H,1,11,14H2,2-5H3. The van der Waals surface area contributed by atoms with Gasteiger partial charge >= 0.3 is 0 Å². The lowest BCUT2D eigenvalue weighted by molar-refractivity contribution is -0.125. The highest BCUT2D eigenvalue weighted by molar-refractivity contribution is 8.15. The molecule has 8 heteroatoms. The minimum atomic E-state index is -0.244. The Labute approximate surface area is 192 Å². The normalized spacial score (nSPS) is 17.2. The summed E-state index contributed by atoms with van der Waals surface area (Å²) in [7, 11) is 4.66. The SMILES string of the molecule is C=CCN1C(=O)C(Cc2ccccc2C)SC1=NN=Cc1cc(OC)c(OC)c(OC)c1. The third-order valence-corrected chi connectivity index (χ3v) is 6.20. The Morgan fingerprint density at radius 2 is 1.81 bits per heavy atom. The van der Waals surface area contributed by atoms with Gasteiger partial charge in [0.2, 0.25) is 11.7 Å². The summed E-state index contributed by atoms with van der Waals surface area (Å²) < 4.78 is 16.1. The van der Waals surface area contributed by atoms with Gasteiger partial charge in [0.05, 0.1) is 32.8 Å². The van der Waals surface area contributed by atoms with Crippen molar-refractivity contribution < 1.29 is 19.0 Å². The fourth-order valence-electron chi connectivity index (χ4n) is 3.37. The van der Waals surface area contributed by atoms with Crippen LogP contribution in [0.2, 0.25) is 0 Å². The van der Waals surface area contributed by atoms with Gasteiger partial charge in [0.1, 0.15) is 0 Å². The van der Waals surface area contributed by atoms with Gasteiger partial charge in [-0.25, -0.2) is 0 Å². The molecule has 2 aromatic rings. The lowest BCUT2D eigenvalue weighted by Gasteiger charge is -2.13. The number of carbonyl (C=O) groups excluding carboxylic acids is 1. The van der Waals surface area contributed by atoms with Crippen molar-refractivity contribution >= 4 is 29.1 Å². The molecule has 1 heterocycles. The molecule has 7 nitrogen and oxygen atoms in total. The molecule has 2 aromatic carbocycles. The quantitative estimate of drug-likeness (QED) is 0.325. The number of carbonyl (C=O) groups is 1. The topological polar surface area (TPSA) is 72.7 Å². The predicted molar refractivity (Wildman–Crippen MR) is 129 cm³/mol. The number of rotatable bonds is 9. The van der Waals surface area contributed by atoms with Gasteiger partial charge in [-0.15, -0.1) is 11.7 Å². The summed E-state index contributed by atoms with van der Waals surface area (Å²) in [6, 6.07) is 11.7. The van der Waals surface area contributed by atoms with Gasteiger partial charge in [0.15, 0.2) is 16.7 Å². The molecule has 1 aliphatic heterocycles. The molecule has 3 rings (SSSR count). The molecule has 0 N–H and O–H groups in total. The molecular formula is C24H27N3O4S. The van der Waals surface area contributed by atoms with Crippen molar-refractivity contribution in [1.29, 1.82) is 0 Å². The Morgan fingerprint density at radius 3 is 2.41 bits per heavy atom. The van der Waals surface area contributed by atoms with Crippen LogP contribution >= 0.6 is 11.8 Å². The van der Waals surface area contributed by atoms with Crippen LogP contribution in [0.4, 0.5) is 0 Å². The van der Waals surface area contributed by atoms with Crippen LogP contribution in [-0.2, 0) is 11.2 Å². The van der Waals surface area contributed by atoms with Gasteiger partial charge in [-0.2, -0.15) is 5.10 Å². The van der Waals surface area contributed by atoms with Gasteiger partial charge < -0.3 is 14.2 Å². The second-order valence-corrected chi connectivity index (χ2v) is 8.23. The summed E-state index contributed by atoms with van der Waals surface area (Å²) in [6.45, 7) is 6.20. The van der Waals surface area contributed by atoms with E-state index in [1.807, 2.05) is 12.1 Å². The number of hydrogen-bond acceptors (Lipinski definition) is 7. The highest BCUT2D eigenvalue weighted by Crippen LogP contribution is 2.37. The van der Waals surface area contributed by atoms with Gasteiger partial charge in [0, 0.05) is 12.1 Å². The number of amidine groups is 1. The van der Waals surface area contributed by atoms with E-state index >= 15 is 0 Å². The minimum absolute atomic E-state index is 0.0138. The Balaban J connectivity index is 1.83. The second-order valence-electron chi connectivity index (χ2n) is 7.06. The van der Waals surface area contributed by atoms with Gasteiger partial charge in [-0.3, -0.25) is 9.69 Å². The van der Waals surface area contributed by atoms with E-state index in [2.05, 4.69) is 35.8 Å². The molecule has 1 unspecified atom stereocenters. The molecule has 1 atom stereocenters. The summed E-state index contributed by atoms with van der Waals surface area (Å²) >= 11 is 1.42. The summed E-state index contributed by atoms with van der Waals surface area (Å²) in [6.07, 6.45) is 3.91. The summed E-state index contributed by atoms with van der Waals surface area (Å²) in [5.41, 5.74) is 3.05. The van der Waals surface area contributed by atoms with E-state index in [1.165, 1.54) is 17.3 Å². The first-order valence-corrected chi connectivity index (χ1v) is 10.9. The van der Waals surface area contributed by atoms with Crippen molar-refractivity contribution in [2.75, 3.05) is 27.9 Å². The van der Waals surface area contributed by atoms with Crippen molar-refractivity contribution in [1.82, 2.24) is 4.90 Å². The maximum absolute atomic E-state index is 13.0. The molecule has 0 spiro atoms. The monoisotopic (exact) mass is 453 g/mol. The zero-order valence-electron chi connectivity index (χ0n) is 18.7. The summed E-state index contributed by atoms with van der Waals surface area (Å²) in [5, 5.41) is 8.86. The first-order chi connectivity index (χ1) is 15.5. The minimum Gasteiger partial charge on any atom is -0.493 e. The van der Waals surface area contributed by atoms with Gasteiger partial charge in [0.25, 0.3) is 0 Å². The molecule has 1 saturated heterocycles. The third kappa shape index (κ3) is 5.13. The fraction of sp³-hybridized carbons (Fsp3) is 0.292. The summed E-state index contributed by atoms with van der Waals surface area (Å²) in [4.78, 5) is 14.6. The van der Waals surface area contributed by atoms with E-state index in [-0.39, 0.29) is 11.2 Å². The number of methoxy groups -OCH3 is 3. The van der Waals surface area contributed by atoms with Crippen LogP contribution in [0.1, 0.15) is 16.7 Å². The lowest BCUT2D eigenvalue weighted by Crippen LogP contribution is -2.32. The second kappa shape index (κ2) is 10.9. The molecule has 1 amide bonds. The number of amides is 1. The Kier molecular flexibility index (Phi) is 7.94. The summed E-state index contributed by atoms with van der Waals surface area (Å²) in [5.74, 6) is 1.57. The zero-order valence-corrected chi connectivity index (χ0v) is 19.5. The van der Waals surface area contributed by atoms with Gasteiger partial charge in [-0.1, -0.05) is 42.1 Å². The maximum atomic E-state index is 13.0. The predicted octanol–water partition coefficient (Wildman–Crippen LogP) is 4.08. The van der Waals surface area contributed by atoms with Crippen molar-refractivity contribution in [3.8, 4) is 17.2 Å². The molecule has 0 saturated carbocycles. The number of nitrogens with zero attached hydrogens (tertiary/aromatic N) is 3. The Morgan fingerprint density at radius 1 is 1.12 bits per heavy atom. The highest BCUT2D eigenvalue weighted by Gasteiger charge is 2.37. The average Bonchev–Trinajstić information content (AvgIpc) is 3.09. The third-order valence-electron chi connectivity index (χ3n) is 5.04. The van der Waals surface area contributed by atoms with E-state index in [1.54, 1.807) is 50.7 Å². The first-order valence-electron chi connectivity index (χ1n) is 10.1. The molecule has 0 bridgehead atoms. The van der Waals surface area contributed by atoms with Crippen LogP contribution in [0.25, 0.3) is 0 Å². The van der Waals surface area contributed by atoms with E-state index < -0.39 is 0 Å². The van der Waals surface area contributed by atoms with Crippen molar-refractivity contribution in [2.45, 2.75) is 18.6 Å². The molecule has 0 aromatic heterocycles. The number of hydrogen-bond donors (Lipinski definition) is 0. The fourth-order valence-corrected chi connectivity index (χ4v) is 4.50. The molecule has 32 heavy (non-hydrogen) atoms. The van der Waals surface area contributed by atoms with Crippen molar-refractivity contribution in [3.05, 3.63) is 65.7 Å². The van der Waals surface area contributed by atoms with Crippen LogP contribution in [0.3, 0.4) is 0 Å². The molecule has 0 radical (unpaired) electrons. The molecule has 1 fully saturated rings. The average molecular weight is 454 g/mol. The maximum Gasteiger partial charge on any atom is 0.242 e. The molecule has 168 valence electrons. The van der Waals surface area contributed by atoms with Crippen LogP contribution in [0.15, 0.2) is 59.3 Å². The van der Waals surface area contributed by atoms with E-state index in [0.717, 1.165) is 11.1 Å². The molecule has 1 aliphatic rings. The smallest absolute Gasteiger partial charge is 0.242 e. The van der Waals surface area contributed by atoms with Crippen LogP contribution in [0.5, 0.6) is 17.2 Å². The van der Waals surface area contributed by atoms with Crippen LogP contribution in [0, 0.1) is 6.92 Å². The van der Waals surface area contributed by atoms with Crippen molar-refractivity contribution in [3.63, 3.8) is 0 Å². The zero-order chi connectivity index (χ0) is 23.1. The van der Waals surface area contributed by atoms with Crippen molar-refractivity contribution in [2.24, 2.45) is 10.2 Å². The molecular weight excluding hydrogens is 426 g/mol. The van der Waals surface area contributed by atoms with E-state index in [9.17, 15) is 4.79 Å².